The molecular weight excluding hydrogens is 240 g/mol. The Hall–Kier alpha value is -1.55. The molecule has 0 aromatic carbocycles. The number of nitrogens with zero attached hydrogens (tertiary/aromatic N) is 2. The Morgan fingerprint density at radius 2 is 2.35 bits per heavy atom. The van der Waals surface area contributed by atoms with Crippen molar-refractivity contribution in [3.05, 3.63) is 29.5 Å². The van der Waals surface area contributed by atoms with Crippen LogP contribution in [0.2, 0.25) is 5.02 Å². The van der Waals surface area contributed by atoms with Gasteiger partial charge in [-0.3, -0.25) is 0 Å². The van der Waals surface area contributed by atoms with Gasteiger partial charge in [0.1, 0.15) is 0 Å². The molecule has 4 nitrogen and oxygen atoms in total. The summed E-state index contributed by atoms with van der Waals surface area (Å²) in [4.78, 5) is 15.9. The van der Waals surface area contributed by atoms with E-state index in [1.54, 1.807) is 24.5 Å². The van der Waals surface area contributed by atoms with Crippen molar-refractivity contribution in [2.45, 2.75) is 19.8 Å². The molecule has 0 aliphatic rings. The van der Waals surface area contributed by atoms with E-state index in [4.69, 9.17) is 16.3 Å². The van der Waals surface area contributed by atoms with E-state index in [1.165, 1.54) is 4.57 Å². The quantitative estimate of drug-likeness (QED) is 0.786. The second kappa shape index (κ2) is 5.19. The van der Waals surface area contributed by atoms with Crippen LogP contribution in [0.4, 0.5) is 4.79 Å². The highest BCUT2D eigenvalue weighted by Gasteiger charge is 2.12. The standard InChI is InChI=1S/C12H13ClN2O2/c1-2-3-8-17-12(16)15-7-5-9-10(13)4-6-14-11(9)15/h4-7H,2-3,8H2,1H3. The molecule has 2 aromatic rings. The summed E-state index contributed by atoms with van der Waals surface area (Å²) < 4.78 is 6.49. The van der Waals surface area contributed by atoms with Crippen LogP contribution in [-0.4, -0.2) is 22.3 Å². The maximum atomic E-state index is 11.8. The molecule has 17 heavy (non-hydrogen) atoms. The molecule has 0 unspecified atom stereocenters. The van der Waals surface area contributed by atoms with E-state index in [0.29, 0.717) is 17.3 Å². The predicted octanol–water partition coefficient (Wildman–Crippen LogP) is 3.47. The van der Waals surface area contributed by atoms with Gasteiger partial charge in [-0.05, 0) is 18.6 Å². The predicted molar refractivity (Wildman–Crippen MR) is 66.4 cm³/mol. The number of rotatable bonds is 3. The van der Waals surface area contributed by atoms with Crippen molar-refractivity contribution in [3.63, 3.8) is 0 Å². The Bertz CT molecular complexity index is 536. The summed E-state index contributed by atoms with van der Waals surface area (Å²) in [5, 5.41) is 1.33. The molecule has 0 N–H and O–H groups in total. The Balaban J connectivity index is 2.24. The molecule has 0 spiro atoms. The molecule has 90 valence electrons. The van der Waals surface area contributed by atoms with Crippen molar-refractivity contribution < 1.29 is 9.53 Å². The van der Waals surface area contributed by atoms with Crippen LogP contribution in [0.3, 0.4) is 0 Å². The zero-order valence-corrected chi connectivity index (χ0v) is 10.3. The molecule has 0 aliphatic heterocycles. The van der Waals surface area contributed by atoms with Crippen LogP contribution in [0.15, 0.2) is 24.5 Å². The van der Waals surface area contributed by atoms with Crippen LogP contribution in [0.25, 0.3) is 11.0 Å². The van der Waals surface area contributed by atoms with Gasteiger partial charge in [0.15, 0.2) is 5.65 Å². The van der Waals surface area contributed by atoms with Gasteiger partial charge in [0.25, 0.3) is 0 Å². The van der Waals surface area contributed by atoms with Crippen LogP contribution in [0.1, 0.15) is 19.8 Å². The minimum Gasteiger partial charge on any atom is -0.449 e. The van der Waals surface area contributed by atoms with E-state index in [-0.39, 0.29) is 0 Å². The topological polar surface area (TPSA) is 44.1 Å². The van der Waals surface area contributed by atoms with Gasteiger partial charge in [-0.1, -0.05) is 24.9 Å². The van der Waals surface area contributed by atoms with Crippen LogP contribution in [-0.2, 0) is 4.74 Å². The summed E-state index contributed by atoms with van der Waals surface area (Å²) in [6.45, 7) is 2.47. The maximum Gasteiger partial charge on any atom is 0.419 e. The Morgan fingerprint density at radius 1 is 1.53 bits per heavy atom. The van der Waals surface area contributed by atoms with E-state index < -0.39 is 6.09 Å². The zero-order chi connectivity index (χ0) is 12.3. The molecule has 0 aliphatic carbocycles. The van der Waals surface area contributed by atoms with Gasteiger partial charge < -0.3 is 4.74 Å². The van der Waals surface area contributed by atoms with Crippen LogP contribution < -0.4 is 0 Å². The Morgan fingerprint density at radius 3 is 3.12 bits per heavy atom. The van der Waals surface area contributed by atoms with Gasteiger partial charge in [0.2, 0.25) is 0 Å². The van der Waals surface area contributed by atoms with Crippen LogP contribution in [0, 0.1) is 0 Å². The van der Waals surface area contributed by atoms with E-state index in [0.717, 1.165) is 18.2 Å². The van der Waals surface area contributed by atoms with Gasteiger partial charge >= 0.3 is 6.09 Å². The average molecular weight is 253 g/mol. The van der Waals surface area contributed by atoms with Crippen LogP contribution >= 0.6 is 11.6 Å². The average Bonchev–Trinajstić information content (AvgIpc) is 2.74. The van der Waals surface area contributed by atoms with Crippen molar-refractivity contribution in [2.75, 3.05) is 6.61 Å². The van der Waals surface area contributed by atoms with Crippen molar-refractivity contribution in [2.24, 2.45) is 0 Å². The molecule has 0 saturated carbocycles. The molecule has 0 amide bonds. The minimum absolute atomic E-state index is 0.414. The number of halogens is 1. The first-order valence-corrected chi connectivity index (χ1v) is 5.90. The highest BCUT2D eigenvalue weighted by Crippen LogP contribution is 2.22. The van der Waals surface area contributed by atoms with E-state index >= 15 is 0 Å². The zero-order valence-electron chi connectivity index (χ0n) is 9.52. The highest BCUT2D eigenvalue weighted by atomic mass is 35.5. The third kappa shape index (κ3) is 2.42. The first kappa shape index (κ1) is 11.9. The Labute approximate surface area is 104 Å². The molecule has 0 radical (unpaired) electrons. The van der Waals surface area contributed by atoms with Gasteiger partial charge in [-0.25, -0.2) is 14.3 Å². The molecule has 0 atom stereocenters. The van der Waals surface area contributed by atoms with Gasteiger partial charge in [0.05, 0.1) is 11.6 Å². The molecular formula is C12H13ClN2O2. The molecule has 2 rings (SSSR count). The number of carbonyl (C=O) groups is 1. The largest absolute Gasteiger partial charge is 0.449 e. The number of hydrogen-bond acceptors (Lipinski definition) is 3. The van der Waals surface area contributed by atoms with Crippen molar-refractivity contribution in [1.29, 1.82) is 0 Å². The van der Waals surface area contributed by atoms with Crippen LogP contribution in [0.5, 0.6) is 0 Å². The first-order chi connectivity index (χ1) is 8.24. The number of fused-ring (bicyclic) bond motifs is 1. The summed E-state index contributed by atoms with van der Waals surface area (Å²) in [7, 11) is 0. The number of carbonyl (C=O) groups excluding carboxylic acids is 1. The number of unbranched alkanes of at least 4 members (excludes halogenated alkanes) is 1. The Kier molecular flexibility index (Phi) is 3.64. The lowest BCUT2D eigenvalue weighted by molar-refractivity contribution is 0.147. The van der Waals surface area contributed by atoms with Crippen molar-refractivity contribution in [1.82, 2.24) is 9.55 Å². The summed E-state index contributed by atoms with van der Waals surface area (Å²) >= 11 is 6.00. The lowest BCUT2D eigenvalue weighted by Gasteiger charge is -2.05. The fourth-order valence-corrected chi connectivity index (χ4v) is 1.73. The fourth-order valence-electron chi connectivity index (χ4n) is 1.53. The number of ether oxygens (including phenoxy) is 1. The van der Waals surface area contributed by atoms with Gasteiger partial charge in [-0.15, -0.1) is 0 Å². The first-order valence-electron chi connectivity index (χ1n) is 5.52. The van der Waals surface area contributed by atoms with E-state index in [9.17, 15) is 4.79 Å². The third-order valence-electron chi connectivity index (χ3n) is 2.45. The highest BCUT2D eigenvalue weighted by molar-refractivity contribution is 6.35. The summed E-state index contributed by atoms with van der Waals surface area (Å²) in [5.41, 5.74) is 0.527. The fraction of sp³-hybridized carbons (Fsp3) is 0.333. The van der Waals surface area contributed by atoms with E-state index in [1.807, 2.05) is 6.92 Å². The normalized spacial score (nSPS) is 10.7. The van der Waals surface area contributed by atoms with E-state index in [2.05, 4.69) is 4.98 Å². The van der Waals surface area contributed by atoms with Gasteiger partial charge in [0, 0.05) is 17.8 Å². The molecule has 0 fully saturated rings. The molecule has 0 bridgehead atoms. The smallest absolute Gasteiger partial charge is 0.419 e. The number of pyridine rings is 1. The molecule has 2 aromatic heterocycles. The third-order valence-corrected chi connectivity index (χ3v) is 2.78. The lowest BCUT2D eigenvalue weighted by Crippen LogP contribution is -2.13. The molecule has 0 saturated heterocycles. The SMILES string of the molecule is CCCCOC(=O)n1ccc2c(Cl)ccnc21. The second-order valence-corrected chi connectivity index (χ2v) is 4.09. The monoisotopic (exact) mass is 252 g/mol. The molecule has 2 heterocycles. The maximum absolute atomic E-state index is 11.8. The lowest BCUT2D eigenvalue weighted by atomic mass is 10.3. The second-order valence-electron chi connectivity index (χ2n) is 3.68. The number of aromatic nitrogens is 2. The summed E-state index contributed by atoms with van der Waals surface area (Å²) in [6, 6.07) is 3.45. The molecule has 5 heteroatoms. The summed E-state index contributed by atoms with van der Waals surface area (Å²) in [5.74, 6) is 0. The minimum atomic E-state index is -0.414. The van der Waals surface area contributed by atoms with Crippen molar-refractivity contribution in [3.8, 4) is 0 Å². The van der Waals surface area contributed by atoms with Gasteiger partial charge in [-0.2, -0.15) is 0 Å². The number of hydrogen-bond donors (Lipinski definition) is 0. The summed E-state index contributed by atoms with van der Waals surface area (Å²) in [6.07, 6.45) is 4.63. The van der Waals surface area contributed by atoms with Crippen molar-refractivity contribution >= 4 is 28.7 Å².